The molecule has 0 spiro atoms. The van der Waals surface area contributed by atoms with Gasteiger partial charge in [-0.3, -0.25) is 4.68 Å². The fourth-order valence-corrected chi connectivity index (χ4v) is 2.27. The maximum Gasteiger partial charge on any atom is 0.158 e. The molecule has 0 aliphatic carbocycles. The van der Waals surface area contributed by atoms with Crippen molar-refractivity contribution in [2.24, 2.45) is 0 Å². The van der Waals surface area contributed by atoms with Gasteiger partial charge in [-0.1, -0.05) is 17.7 Å². The third-order valence-electron chi connectivity index (χ3n) is 2.12. The molecule has 1 aromatic heterocycles. The molecule has 0 unspecified atom stereocenters. The maximum absolute atomic E-state index is 6.04. The molecule has 2 rings (SSSR count). The van der Waals surface area contributed by atoms with E-state index in [1.807, 2.05) is 22.9 Å². The van der Waals surface area contributed by atoms with Gasteiger partial charge in [0.15, 0.2) is 5.15 Å². The van der Waals surface area contributed by atoms with E-state index < -0.39 is 0 Å². The molecule has 1 heterocycles. The van der Waals surface area contributed by atoms with E-state index >= 15 is 0 Å². The number of hydrogen-bond donors (Lipinski definition) is 0. The van der Waals surface area contributed by atoms with Crippen molar-refractivity contribution in [3.05, 3.63) is 27.8 Å². The van der Waals surface area contributed by atoms with E-state index in [1.165, 1.54) is 0 Å². The van der Waals surface area contributed by atoms with Crippen LogP contribution in [0.2, 0.25) is 5.15 Å². The van der Waals surface area contributed by atoms with E-state index in [2.05, 4.69) is 34.9 Å². The molecule has 0 aliphatic rings. The average molecular weight is 274 g/mol. The Morgan fingerprint density at radius 1 is 1.43 bits per heavy atom. The van der Waals surface area contributed by atoms with Crippen molar-refractivity contribution < 1.29 is 0 Å². The Morgan fingerprint density at radius 3 is 2.79 bits per heavy atom. The summed E-state index contributed by atoms with van der Waals surface area (Å²) in [5, 5.41) is 5.86. The van der Waals surface area contributed by atoms with Gasteiger partial charge in [0.2, 0.25) is 0 Å². The molecule has 0 aliphatic heterocycles. The van der Waals surface area contributed by atoms with Crippen LogP contribution in [0.25, 0.3) is 10.9 Å². The smallest absolute Gasteiger partial charge is 0.158 e. The molecule has 14 heavy (non-hydrogen) atoms. The van der Waals surface area contributed by atoms with Gasteiger partial charge in [-0.15, -0.1) is 0 Å². The van der Waals surface area contributed by atoms with E-state index in [0.29, 0.717) is 11.2 Å². The zero-order valence-electron chi connectivity index (χ0n) is 7.96. The zero-order chi connectivity index (χ0) is 10.3. The van der Waals surface area contributed by atoms with Crippen LogP contribution in [0.5, 0.6) is 0 Å². The van der Waals surface area contributed by atoms with Gasteiger partial charge >= 0.3 is 0 Å². The summed E-state index contributed by atoms with van der Waals surface area (Å²) in [7, 11) is 0. The summed E-state index contributed by atoms with van der Waals surface area (Å²) in [4.78, 5) is 0. The summed E-state index contributed by atoms with van der Waals surface area (Å²) < 4.78 is 2.96. The van der Waals surface area contributed by atoms with Crippen molar-refractivity contribution in [2.75, 3.05) is 0 Å². The number of hydrogen-bond acceptors (Lipinski definition) is 1. The average Bonchev–Trinajstić information content (AvgIpc) is 2.46. The predicted molar refractivity (Wildman–Crippen MR) is 62.8 cm³/mol. The minimum Gasteiger partial charge on any atom is -0.260 e. The predicted octanol–water partition coefficient (Wildman–Crippen LogP) is 4.03. The molecule has 0 N–H and O–H groups in total. The maximum atomic E-state index is 6.04. The minimum absolute atomic E-state index is 0.309. The first-order valence-electron chi connectivity index (χ1n) is 4.43. The molecule has 0 radical (unpaired) electrons. The number of nitrogens with zero attached hydrogens (tertiary/aromatic N) is 2. The fourth-order valence-electron chi connectivity index (χ4n) is 1.49. The molecular weight excluding hydrogens is 263 g/mol. The molecule has 2 aromatic rings. The standard InChI is InChI=1S/C10H10BrClN2/c1-6(2)14-9-7(10(12)13-14)4-3-5-8(9)11/h3-6H,1-2H3. The fraction of sp³-hybridized carbons (Fsp3) is 0.300. The second-order valence-electron chi connectivity index (χ2n) is 3.47. The number of fused-ring (bicyclic) bond motifs is 1. The van der Waals surface area contributed by atoms with Gasteiger partial charge in [-0.2, -0.15) is 5.10 Å². The van der Waals surface area contributed by atoms with Crippen LogP contribution in [-0.2, 0) is 0 Å². The molecule has 1 aromatic carbocycles. The summed E-state index contributed by atoms with van der Waals surface area (Å²) in [5.74, 6) is 0. The summed E-state index contributed by atoms with van der Waals surface area (Å²) in [6.07, 6.45) is 0. The Kier molecular flexibility index (Phi) is 2.54. The molecule has 0 amide bonds. The molecule has 0 saturated carbocycles. The normalized spacial score (nSPS) is 11.5. The third kappa shape index (κ3) is 1.44. The Hall–Kier alpha value is -0.540. The topological polar surface area (TPSA) is 17.8 Å². The Labute approximate surface area is 96.0 Å². The van der Waals surface area contributed by atoms with Gasteiger partial charge in [0.1, 0.15) is 0 Å². The lowest BCUT2D eigenvalue weighted by atomic mass is 10.2. The van der Waals surface area contributed by atoms with E-state index in [0.717, 1.165) is 15.4 Å². The molecule has 74 valence electrons. The van der Waals surface area contributed by atoms with Gasteiger partial charge in [-0.05, 0) is 41.9 Å². The van der Waals surface area contributed by atoms with E-state index in [9.17, 15) is 0 Å². The third-order valence-corrected chi connectivity index (χ3v) is 3.04. The second-order valence-corrected chi connectivity index (χ2v) is 4.68. The highest BCUT2D eigenvalue weighted by atomic mass is 79.9. The molecule has 4 heteroatoms. The van der Waals surface area contributed by atoms with Crippen molar-refractivity contribution in [1.29, 1.82) is 0 Å². The molecule has 0 atom stereocenters. The lowest BCUT2D eigenvalue weighted by Crippen LogP contribution is -2.02. The molecule has 0 saturated heterocycles. The first kappa shape index (κ1) is 9.99. The van der Waals surface area contributed by atoms with E-state index in [1.54, 1.807) is 0 Å². The van der Waals surface area contributed by atoms with Gasteiger partial charge in [0, 0.05) is 15.9 Å². The quantitative estimate of drug-likeness (QED) is 0.767. The highest BCUT2D eigenvalue weighted by Crippen LogP contribution is 2.30. The van der Waals surface area contributed by atoms with Crippen LogP contribution in [0.15, 0.2) is 22.7 Å². The number of benzene rings is 1. The first-order valence-corrected chi connectivity index (χ1v) is 5.60. The molecule has 0 fully saturated rings. The zero-order valence-corrected chi connectivity index (χ0v) is 10.3. The Morgan fingerprint density at radius 2 is 2.14 bits per heavy atom. The number of aromatic nitrogens is 2. The highest BCUT2D eigenvalue weighted by Gasteiger charge is 2.12. The number of para-hydroxylation sites is 1. The lowest BCUT2D eigenvalue weighted by molar-refractivity contribution is 0.550. The SMILES string of the molecule is CC(C)n1nc(Cl)c2cccc(Br)c21. The van der Waals surface area contributed by atoms with E-state index in [4.69, 9.17) is 11.6 Å². The van der Waals surface area contributed by atoms with Crippen LogP contribution in [0, 0.1) is 0 Å². The van der Waals surface area contributed by atoms with Crippen LogP contribution in [-0.4, -0.2) is 9.78 Å². The van der Waals surface area contributed by atoms with Crippen LogP contribution < -0.4 is 0 Å². The molecule has 2 nitrogen and oxygen atoms in total. The van der Waals surface area contributed by atoms with Crippen molar-refractivity contribution in [3.63, 3.8) is 0 Å². The van der Waals surface area contributed by atoms with E-state index in [-0.39, 0.29) is 0 Å². The van der Waals surface area contributed by atoms with Crippen molar-refractivity contribution in [1.82, 2.24) is 9.78 Å². The summed E-state index contributed by atoms with van der Waals surface area (Å²) in [6, 6.07) is 6.25. The Bertz CT molecular complexity index is 476. The van der Waals surface area contributed by atoms with Crippen LogP contribution >= 0.6 is 27.5 Å². The summed E-state index contributed by atoms with van der Waals surface area (Å²) in [6.45, 7) is 4.17. The van der Waals surface area contributed by atoms with Crippen LogP contribution in [0.4, 0.5) is 0 Å². The monoisotopic (exact) mass is 272 g/mol. The largest absolute Gasteiger partial charge is 0.260 e. The highest BCUT2D eigenvalue weighted by molar-refractivity contribution is 9.10. The summed E-state index contributed by atoms with van der Waals surface area (Å²) >= 11 is 9.55. The van der Waals surface area contributed by atoms with Crippen LogP contribution in [0.3, 0.4) is 0 Å². The van der Waals surface area contributed by atoms with Gasteiger partial charge in [-0.25, -0.2) is 0 Å². The molecule has 0 bridgehead atoms. The van der Waals surface area contributed by atoms with Gasteiger partial charge in [0.25, 0.3) is 0 Å². The Balaban J connectivity index is 2.86. The number of halogens is 2. The number of rotatable bonds is 1. The second kappa shape index (κ2) is 3.55. The van der Waals surface area contributed by atoms with Crippen molar-refractivity contribution >= 4 is 38.4 Å². The van der Waals surface area contributed by atoms with Gasteiger partial charge < -0.3 is 0 Å². The minimum atomic E-state index is 0.309. The van der Waals surface area contributed by atoms with Crippen LogP contribution in [0.1, 0.15) is 19.9 Å². The van der Waals surface area contributed by atoms with Crippen molar-refractivity contribution in [3.8, 4) is 0 Å². The summed E-state index contributed by atoms with van der Waals surface area (Å²) in [5.41, 5.74) is 1.06. The van der Waals surface area contributed by atoms with Gasteiger partial charge in [0.05, 0.1) is 5.52 Å². The molecular formula is C10H10BrClN2. The van der Waals surface area contributed by atoms with Crippen molar-refractivity contribution in [2.45, 2.75) is 19.9 Å². The first-order chi connectivity index (χ1) is 6.61. The lowest BCUT2D eigenvalue weighted by Gasteiger charge is -2.07.